The summed E-state index contributed by atoms with van der Waals surface area (Å²) >= 11 is 0. The third kappa shape index (κ3) is 3.06. The van der Waals surface area contributed by atoms with Crippen molar-refractivity contribution in [3.05, 3.63) is 0 Å². The molecule has 3 heteroatoms. The lowest BCUT2D eigenvalue weighted by Crippen LogP contribution is -2.54. The Labute approximate surface area is 136 Å². The lowest BCUT2D eigenvalue weighted by atomic mass is 9.49. The molecule has 22 heavy (non-hydrogen) atoms. The van der Waals surface area contributed by atoms with Crippen LogP contribution in [0, 0.1) is 23.2 Å². The van der Waals surface area contributed by atoms with E-state index in [1.807, 2.05) is 0 Å². The first-order valence-electron chi connectivity index (χ1n) is 9.43. The molecular weight excluding hydrogens is 272 g/mol. The van der Waals surface area contributed by atoms with Gasteiger partial charge < -0.3 is 5.32 Å². The Balaban J connectivity index is 1.54. The molecule has 0 atom stereocenters. The van der Waals surface area contributed by atoms with Crippen LogP contribution in [0.2, 0.25) is 0 Å². The molecule has 0 aromatic carbocycles. The number of rotatable bonds is 6. The number of nitrogens with one attached hydrogen (secondary N) is 1. The van der Waals surface area contributed by atoms with Crippen molar-refractivity contribution in [2.24, 2.45) is 23.2 Å². The van der Waals surface area contributed by atoms with E-state index in [-0.39, 0.29) is 5.41 Å². The van der Waals surface area contributed by atoms with Crippen LogP contribution in [0.15, 0.2) is 0 Å². The SMILES string of the molecule is CC(C)N(CCNC(=O)C12CC3CC(CC(C3)C1)C2)C(C)C. The van der Waals surface area contributed by atoms with E-state index in [0.29, 0.717) is 18.0 Å². The van der Waals surface area contributed by atoms with Gasteiger partial charge in [0.2, 0.25) is 5.91 Å². The fourth-order valence-corrected chi connectivity index (χ4v) is 5.99. The highest BCUT2D eigenvalue weighted by atomic mass is 16.2. The highest BCUT2D eigenvalue weighted by molar-refractivity contribution is 5.83. The van der Waals surface area contributed by atoms with E-state index < -0.39 is 0 Å². The normalized spacial score (nSPS) is 36.6. The Bertz CT molecular complexity index is 372. The van der Waals surface area contributed by atoms with E-state index in [1.54, 1.807) is 0 Å². The second-order valence-corrected chi connectivity index (χ2v) is 8.88. The predicted octanol–water partition coefficient (Wildman–Crippen LogP) is 3.44. The zero-order valence-corrected chi connectivity index (χ0v) is 14.9. The van der Waals surface area contributed by atoms with E-state index >= 15 is 0 Å². The summed E-state index contributed by atoms with van der Waals surface area (Å²) < 4.78 is 0. The average molecular weight is 306 g/mol. The molecule has 1 amide bonds. The fraction of sp³-hybridized carbons (Fsp3) is 0.947. The van der Waals surface area contributed by atoms with Crippen molar-refractivity contribution < 1.29 is 4.79 Å². The molecule has 4 fully saturated rings. The van der Waals surface area contributed by atoms with Gasteiger partial charge in [-0.3, -0.25) is 9.69 Å². The van der Waals surface area contributed by atoms with Crippen molar-refractivity contribution in [3.63, 3.8) is 0 Å². The predicted molar refractivity (Wildman–Crippen MR) is 90.6 cm³/mol. The van der Waals surface area contributed by atoms with Gasteiger partial charge in [0.15, 0.2) is 0 Å². The maximum atomic E-state index is 12.9. The standard InChI is InChI=1S/C19H34N2O/c1-13(2)21(14(3)4)6-5-20-18(22)19-10-15-7-16(11-19)9-17(8-15)12-19/h13-17H,5-12H2,1-4H3,(H,20,22). The van der Waals surface area contributed by atoms with Crippen LogP contribution in [0.5, 0.6) is 0 Å². The second-order valence-electron chi connectivity index (χ2n) is 8.88. The molecule has 126 valence electrons. The number of hydrogen-bond acceptors (Lipinski definition) is 2. The van der Waals surface area contributed by atoms with Gasteiger partial charge in [-0.1, -0.05) is 0 Å². The topological polar surface area (TPSA) is 32.3 Å². The summed E-state index contributed by atoms with van der Waals surface area (Å²) in [5.41, 5.74) is 0.00917. The van der Waals surface area contributed by atoms with Gasteiger partial charge in [-0.05, 0) is 84.0 Å². The van der Waals surface area contributed by atoms with Gasteiger partial charge >= 0.3 is 0 Å². The molecule has 0 aromatic heterocycles. The molecule has 0 aromatic rings. The molecule has 0 aliphatic heterocycles. The molecule has 0 unspecified atom stereocenters. The summed E-state index contributed by atoms with van der Waals surface area (Å²) in [6.07, 6.45) is 7.72. The molecule has 0 spiro atoms. The first-order chi connectivity index (χ1) is 10.4. The lowest BCUT2D eigenvalue weighted by molar-refractivity contribution is -0.146. The number of carbonyl (C=O) groups excluding carboxylic acids is 1. The largest absolute Gasteiger partial charge is 0.354 e. The van der Waals surface area contributed by atoms with Crippen LogP contribution >= 0.6 is 0 Å². The van der Waals surface area contributed by atoms with Crippen molar-refractivity contribution in [1.82, 2.24) is 10.2 Å². The average Bonchev–Trinajstić information content (AvgIpc) is 2.40. The van der Waals surface area contributed by atoms with Gasteiger partial charge in [-0.25, -0.2) is 0 Å². The van der Waals surface area contributed by atoms with Crippen molar-refractivity contribution in [2.45, 2.75) is 78.3 Å². The Morgan fingerprint density at radius 2 is 1.45 bits per heavy atom. The highest BCUT2D eigenvalue weighted by Crippen LogP contribution is 2.60. The van der Waals surface area contributed by atoms with Crippen LogP contribution < -0.4 is 5.32 Å². The summed E-state index contributed by atoms with van der Waals surface area (Å²) in [5, 5.41) is 3.30. The summed E-state index contributed by atoms with van der Waals surface area (Å²) in [7, 11) is 0. The summed E-state index contributed by atoms with van der Waals surface area (Å²) in [5.74, 6) is 2.92. The zero-order valence-electron chi connectivity index (χ0n) is 14.9. The van der Waals surface area contributed by atoms with Crippen LogP contribution in [0.4, 0.5) is 0 Å². The summed E-state index contributed by atoms with van der Waals surface area (Å²) in [6, 6.07) is 1.08. The molecule has 1 N–H and O–H groups in total. The minimum absolute atomic E-state index is 0.00917. The molecule has 0 heterocycles. The second kappa shape index (κ2) is 6.14. The number of nitrogens with zero attached hydrogens (tertiary/aromatic N) is 1. The Kier molecular flexibility index (Phi) is 4.55. The smallest absolute Gasteiger partial charge is 0.226 e. The molecule has 0 saturated heterocycles. The van der Waals surface area contributed by atoms with Crippen LogP contribution in [0.1, 0.15) is 66.2 Å². The maximum Gasteiger partial charge on any atom is 0.226 e. The Hall–Kier alpha value is -0.570. The molecule has 4 aliphatic rings. The Morgan fingerprint density at radius 3 is 1.86 bits per heavy atom. The van der Waals surface area contributed by atoms with Crippen LogP contribution in [-0.4, -0.2) is 36.0 Å². The van der Waals surface area contributed by atoms with E-state index in [9.17, 15) is 4.79 Å². The van der Waals surface area contributed by atoms with Crippen LogP contribution in [0.25, 0.3) is 0 Å². The number of amides is 1. The van der Waals surface area contributed by atoms with Gasteiger partial charge in [-0.15, -0.1) is 0 Å². The van der Waals surface area contributed by atoms with E-state index in [1.165, 1.54) is 38.5 Å². The first kappa shape index (κ1) is 16.3. The highest BCUT2D eigenvalue weighted by Gasteiger charge is 2.54. The van der Waals surface area contributed by atoms with Gasteiger partial charge in [-0.2, -0.15) is 0 Å². The zero-order chi connectivity index (χ0) is 15.9. The number of carbonyl (C=O) groups is 1. The third-order valence-corrected chi connectivity index (χ3v) is 6.50. The first-order valence-corrected chi connectivity index (χ1v) is 9.43. The van der Waals surface area contributed by atoms with Crippen molar-refractivity contribution in [2.75, 3.05) is 13.1 Å². The molecule has 0 radical (unpaired) electrons. The fourth-order valence-electron chi connectivity index (χ4n) is 5.99. The number of hydrogen-bond donors (Lipinski definition) is 1. The van der Waals surface area contributed by atoms with E-state index in [2.05, 4.69) is 37.9 Å². The van der Waals surface area contributed by atoms with Gasteiger partial charge in [0.25, 0.3) is 0 Å². The summed E-state index contributed by atoms with van der Waals surface area (Å²) in [4.78, 5) is 15.3. The molecule has 4 bridgehead atoms. The van der Waals surface area contributed by atoms with Gasteiger partial charge in [0.1, 0.15) is 0 Å². The van der Waals surface area contributed by atoms with Crippen molar-refractivity contribution >= 4 is 5.91 Å². The summed E-state index contributed by atoms with van der Waals surface area (Å²) in [6.45, 7) is 10.7. The molecule has 4 aliphatic carbocycles. The van der Waals surface area contributed by atoms with E-state index in [4.69, 9.17) is 0 Å². The molecule has 3 nitrogen and oxygen atoms in total. The lowest BCUT2D eigenvalue weighted by Gasteiger charge is -2.55. The third-order valence-electron chi connectivity index (χ3n) is 6.50. The molecule has 4 rings (SSSR count). The monoisotopic (exact) mass is 306 g/mol. The van der Waals surface area contributed by atoms with Crippen molar-refractivity contribution in [3.8, 4) is 0 Å². The maximum absolute atomic E-state index is 12.9. The minimum atomic E-state index is 0.00917. The van der Waals surface area contributed by atoms with E-state index in [0.717, 1.165) is 30.8 Å². The van der Waals surface area contributed by atoms with Crippen LogP contribution in [0.3, 0.4) is 0 Å². The molecular formula is C19H34N2O. The van der Waals surface area contributed by atoms with Crippen molar-refractivity contribution in [1.29, 1.82) is 0 Å². The van der Waals surface area contributed by atoms with Gasteiger partial charge in [0.05, 0.1) is 0 Å². The van der Waals surface area contributed by atoms with Gasteiger partial charge in [0, 0.05) is 30.6 Å². The van der Waals surface area contributed by atoms with Crippen LogP contribution in [-0.2, 0) is 4.79 Å². The quantitative estimate of drug-likeness (QED) is 0.815. The molecule has 4 saturated carbocycles. The Morgan fingerprint density at radius 1 is 1.00 bits per heavy atom. The minimum Gasteiger partial charge on any atom is -0.354 e.